The first-order valence-electron chi connectivity index (χ1n) is 6.58. The van der Waals surface area contributed by atoms with Gasteiger partial charge in [-0.1, -0.05) is 25.4 Å². The predicted octanol–water partition coefficient (Wildman–Crippen LogP) is 0.797. The molecule has 1 aromatic heterocycles. The van der Waals surface area contributed by atoms with E-state index in [1.165, 1.54) is 0 Å². The van der Waals surface area contributed by atoms with Crippen LogP contribution in [0.15, 0.2) is 24.3 Å². The van der Waals surface area contributed by atoms with Crippen molar-refractivity contribution in [1.82, 2.24) is 31.1 Å². The van der Waals surface area contributed by atoms with Gasteiger partial charge in [-0.15, -0.1) is 10.2 Å². The molecule has 0 radical (unpaired) electrons. The first-order valence-corrected chi connectivity index (χ1v) is 6.96. The minimum absolute atomic E-state index is 0.154. The molecule has 0 aliphatic heterocycles. The molecule has 1 heterocycles. The Morgan fingerprint density at radius 2 is 1.91 bits per heavy atom. The number of rotatable bonds is 4. The lowest BCUT2D eigenvalue weighted by atomic mass is 10.2. The molecule has 116 valence electrons. The summed E-state index contributed by atoms with van der Waals surface area (Å²) >= 11 is 5.81. The largest absolute Gasteiger partial charge is 0.273 e. The van der Waals surface area contributed by atoms with E-state index in [1.807, 2.05) is 0 Å². The Bertz CT molecular complexity index is 667. The van der Waals surface area contributed by atoms with Crippen LogP contribution in [-0.2, 0) is 16.1 Å². The Labute approximate surface area is 131 Å². The fourth-order valence-corrected chi connectivity index (χ4v) is 1.59. The van der Waals surface area contributed by atoms with Crippen LogP contribution in [0.25, 0.3) is 11.4 Å². The number of carbonyl (C=O) groups is 2. The fraction of sp³-hybridized carbons (Fsp3) is 0.308. The third kappa shape index (κ3) is 4.26. The third-order valence-corrected chi connectivity index (χ3v) is 2.94. The van der Waals surface area contributed by atoms with Gasteiger partial charge in [-0.2, -0.15) is 4.80 Å². The molecule has 0 atom stereocenters. The van der Waals surface area contributed by atoms with E-state index in [2.05, 4.69) is 26.3 Å². The SMILES string of the molecule is CC(C)C(=O)NNC(=O)Cn1nnc(-c2ccc(Cl)cc2)n1. The maximum atomic E-state index is 11.7. The van der Waals surface area contributed by atoms with Gasteiger partial charge in [0.1, 0.15) is 6.54 Å². The standard InChI is InChI=1S/C13H15ClN6O2/c1-8(2)13(22)17-15-11(21)7-20-18-12(16-19-20)9-3-5-10(14)6-4-9/h3-6,8H,7H2,1-2H3,(H,15,21)(H,17,22). The highest BCUT2D eigenvalue weighted by atomic mass is 35.5. The number of benzene rings is 1. The van der Waals surface area contributed by atoms with Crippen molar-refractivity contribution >= 4 is 23.4 Å². The van der Waals surface area contributed by atoms with E-state index >= 15 is 0 Å². The molecule has 22 heavy (non-hydrogen) atoms. The van der Waals surface area contributed by atoms with Gasteiger partial charge in [0.25, 0.3) is 5.91 Å². The molecule has 0 fully saturated rings. The average Bonchev–Trinajstić information content (AvgIpc) is 2.93. The van der Waals surface area contributed by atoms with Gasteiger partial charge in [0, 0.05) is 16.5 Å². The van der Waals surface area contributed by atoms with E-state index in [9.17, 15) is 9.59 Å². The zero-order valence-corrected chi connectivity index (χ0v) is 12.8. The van der Waals surface area contributed by atoms with Gasteiger partial charge in [-0.3, -0.25) is 20.4 Å². The highest BCUT2D eigenvalue weighted by molar-refractivity contribution is 6.30. The Morgan fingerprint density at radius 1 is 1.23 bits per heavy atom. The van der Waals surface area contributed by atoms with Crippen molar-refractivity contribution in [1.29, 1.82) is 0 Å². The summed E-state index contributed by atoms with van der Waals surface area (Å²) in [5.74, 6) is -0.562. The molecule has 0 aliphatic carbocycles. The van der Waals surface area contributed by atoms with Crippen LogP contribution in [0.4, 0.5) is 0 Å². The van der Waals surface area contributed by atoms with E-state index in [1.54, 1.807) is 38.1 Å². The molecule has 0 saturated carbocycles. The lowest BCUT2D eigenvalue weighted by Crippen LogP contribution is -2.45. The molecule has 0 unspecified atom stereocenters. The maximum Gasteiger partial charge on any atom is 0.262 e. The second-order valence-corrected chi connectivity index (χ2v) is 5.28. The van der Waals surface area contributed by atoms with Gasteiger partial charge in [0.15, 0.2) is 0 Å². The molecule has 0 spiro atoms. The quantitative estimate of drug-likeness (QED) is 0.811. The topological polar surface area (TPSA) is 102 Å². The van der Waals surface area contributed by atoms with Gasteiger partial charge in [-0.05, 0) is 29.5 Å². The first kappa shape index (κ1) is 15.9. The number of tetrazole rings is 1. The Morgan fingerprint density at radius 3 is 2.55 bits per heavy atom. The van der Waals surface area contributed by atoms with Gasteiger partial charge in [0.2, 0.25) is 11.7 Å². The van der Waals surface area contributed by atoms with Crippen molar-refractivity contribution in [3.8, 4) is 11.4 Å². The maximum absolute atomic E-state index is 11.7. The number of hydrazine groups is 1. The molecule has 2 aromatic rings. The number of aromatic nitrogens is 4. The van der Waals surface area contributed by atoms with Crippen LogP contribution >= 0.6 is 11.6 Å². The van der Waals surface area contributed by atoms with Crippen LogP contribution in [0.1, 0.15) is 13.8 Å². The number of halogens is 1. The number of nitrogens with zero attached hydrogens (tertiary/aromatic N) is 4. The number of amides is 2. The van der Waals surface area contributed by atoms with Crippen molar-refractivity contribution in [2.75, 3.05) is 0 Å². The second-order valence-electron chi connectivity index (χ2n) is 4.84. The van der Waals surface area contributed by atoms with Gasteiger partial charge >= 0.3 is 0 Å². The molecule has 0 saturated heterocycles. The minimum atomic E-state index is -0.450. The highest BCUT2D eigenvalue weighted by Crippen LogP contribution is 2.16. The van der Waals surface area contributed by atoms with E-state index in [0.717, 1.165) is 10.4 Å². The Hall–Kier alpha value is -2.48. The van der Waals surface area contributed by atoms with Crippen LogP contribution in [0, 0.1) is 5.92 Å². The average molecular weight is 323 g/mol. The van der Waals surface area contributed by atoms with Crippen molar-refractivity contribution in [2.24, 2.45) is 5.92 Å². The van der Waals surface area contributed by atoms with Crippen molar-refractivity contribution in [3.63, 3.8) is 0 Å². The Kier molecular flexibility index (Phi) is 5.05. The molecule has 0 aliphatic rings. The number of carbonyl (C=O) groups excluding carboxylic acids is 2. The van der Waals surface area contributed by atoms with Crippen LogP contribution in [0.2, 0.25) is 5.02 Å². The smallest absolute Gasteiger partial charge is 0.262 e. The molecule has 9 heteroatoms. The number of nitrogens with one attached hydrogen (secondary N) is 2. The zero-order chi connectivity index (χ0) is 16.1. The van der Waals surface area contributed by atoms with Gasteiger partial charge in [-0.25, -0.2) is 0 Å². The van der Waals surface area contributed by atoms with Crippen LogP contribution < -0.4 is 10.9 Å². The van der Waals surface area contributed by atoms with Crippen molar-refractivity contribution in [2.45, 2.75) is 20.4 Å². The molecule has 2 amide bonds. The summed E-state index contributed by atoms with van der Waals surface area (Å²) in [5.41, 5.74) is 5.33. The van der Waals surface area contributed by atoms with Crippen LogP contribution in [0.5, 0.6) is 0 Å². The molecule has 1 aromatic carbocycles. The molecular formula is C13H15ClN6O2. The van der Waals surface area contributed by atoms with Gasteiger partial charge < -0.3 is 0 Å². The second kappa shape index (κ2) is 6.99. The monoisotopic (exact) mass is 322 g/mol. The van der Waals surface area contributed by atoms with Crippen molar-refractivity contribution in [3.05, 3.63) is 29.3 Å². The van der Waals surface area contributed by atoms with E-state index in [0.29, 0.717) is 10.8 Å². The third-order valence-electron chi connectivity index (χ3n) is 2.69. The molecule has 8 nitrogen and oxygen atoms in total. The molecule has 2 rings (SSSR count). The highest BCUT2D eigenvalue weighted by Gasteiger charge is 2.11. The molecule has 2 N–H and O–H groups in total. The van der Waals surface area contributed by atoms with Crippen LogP contribution in [0.3, 0.4) is 0 Å². The summed E-state index contributed by atoms with van der Waals surface area (Å²) in [6.07, 6.45) is 0. The predicted molar refractivity (Wildman–Crippen MR) is 79.4 cm³/mol. The van der Waals surface area contributed by atoms with E-state index in [-0.39, 0.29) is 18.4 Å². The zero-order valence-electron chi connectivity index (χ0n) is 12.1. The van der Waals surface area contributed by atoms with E-state index < -0.39 is 5.91 Å². The molecular weight excluding hydrogens is 308 g/mol. The number of hydrogen-bond acceptors (Lipinski definition) is 5. The summed E-state index contributed by atoms with van der Waals surface area (Å²) in [6, 6.07) is 6.94. The molecule has 0 bridgehead atoms. The number of hydrogen-bond donors (Lipinski definition) is 2. The summed E-state index contributed by atoms with van der Waals surface area (Å²) in [7, 11) is 0. The van der Waals surface area contributed by atoms with Crippen molar-refractivity contribution < 1.29 is 9.59 Å². The Balaban J connectivity index is 1.93. The fourth-order valence-electron chi connectivity index (χ4n) is 1.47. The normalized spacial score (nSPS) is 10.5. The lowest BCUT2D eigenvalue weighted by molar-refractivity contribution is -0.131. The summed E-state index contributed by atoms with van der Waals surface area (Å²) in [4.78, 5) is 24.1. The summed E-state index contributed by atoms with van der Waals surface area (Å²) < 4.78 is 0. The van der Waals surface area contributed by atoms with Crippen LogP contribution in [-0.4, -0.2) is 32.0 Å². The first-order chi connectivity index (χ1) is 10.5. The summed E-state index contributed by atoms with van der Waals surface area (Å²) in [5, 5.41) is 12.3. The summed E-state index contributed by atoms with van der Waals surface area (Å²) in [6.45, 7) is 3.29. The minimum Gasteiger partial charge on any atom is -0.273 e. The van der Waals surface area contributed by atoms with Gasteiger partial charge in [0.05, 0.1) is 0 Å². The van der Waals surface area contributed by atoms with E-state index in [4.69, 9.17) is 11.6 Å². The lowest BCUT2D eigenvalue weighted by Gasteiger charge is -2.08.